The molecule has 25 heavy (non-hydrogen) atoms. The molecule has 0 aliphatic carbocycles. The lowest BCUT2D eigenvalue weighted by atomic mass is 10.2. The van der Waals surface area contributed by atoms with Crippen LogP contribution in [0, 0.1) is 5.82 Å². The van der Waals surface area contributed by atoms with Gasteiger partial charge in [-0.3, -0.25) is 4.79 Å². The van der Waals surface area contributed by atoms with E-state index in [0.717, 1.165) is 0 Å². The van der Waals surface area contributed by atoms with Gasteiger partial charge in [-0.1, -0.05) is 11.6 Å². The number of ether oxygens (including phenoxy) is 1. The Morgan fingerprint density at radius 2 is 2.08 bits per heavy atom. The number of halogens is 2. The van der Waals surface area contributed by atoms with E-state index in [1.807, 2.05) is 0 Å². The molecule has 128 valence electrons. The number of carbonyl (C=O) groups excluding carboxylic acids is 2. The molecule has 0 aliphatic rings. The van der Waals surface area contributed by atoms with Gasteiger partial charge in [-0.2, -0.15) is 0 Å². The van der Waals surface area contributed by atoms with Crippen molar-refractivity contribution in [2.24, 2.45) is 0 Å². The molecule has 0 saturated heterocycles. The molecule has 1 aromatic carbocycles. The Balaban J connectivity index is 1.76. The number of methoxy groups -OCH3 is 1. The van der Waals surface area contributed by atoms with Crippen LogP contribution in [0.15, 0.2) is 42.7 Å². The second-order valence-electron chi connectivity index (χ2n) is 5.26. The molecule has 0 fully saturated rings. The number of imidazole rings is 1. The zero-order valence-corrected chi connectivity index (χ0v) is 13.9. The molecule has 2 aromatic heterocycles. The van der Waals surface area contributed by atoms with E-state index in [9.17, 15) is 14.0 Å². The van der Waals surface area contributed by atoms with Gasteiger partial charge in [0, 0.05) is 12.4 Å². The van der Waals surface area contributed by atoms with Crippen molar-refractivity contribution in [2.75, 3.05) is 12.4 Å². The predicted octanol–water partition coefficient (Wildman–Crippen LogP) is 3.09. The highest BCUT2D eigenvalue weighted by molar-refractivity contribution is 6.33. The fourth-order valence-electron chi connectivity index (χ4n) is 2.33. The third kappa shape index (κ3) is 3.77. The smallest absolute Gasteiger partial charge is 0.337 e. The van der Waals surface area contributed by atoms with Crippen molar-refractivity contribution >= 4 is 34.8 Å². The number of nitrogens with zero attached hydrogens (tertiary/aromatic N) is 2. The number of benzene rings is 1. The topological polar surface area (TPSA) is 72.7 Å². The Bertz CT molecular complexity index is 971. The minimum absolute atomic E-state index is 0.0257. The summed E-state index contributed by atoms with van der Waals surface area (Å²) in [5, 5.41) is 2.92. The van der Waals surface area contributed by atoms with Crippen molar-refractivity contribution in [1.82, 2.24) is 9.38 Å². The summed E-state index contributed by atoms with van der Waals surface area (Å²) in [6.07, 6.45) is 2.83. The van der Waals surface area contributed by atoms with E-state index in [-0.39, 0.29) is 22.9 Å². The third-order valence-electron chi connectivity index (χ3n) is 3.47. The van der Waals surface area contributed by atoms with Gasteiger partial charge in [0.15, 0.2) is 0 Å². The number of amides is 1. The van der Waals surface area contributed by atoms with Gasteiger partial charge in [0.2, 0.25) is 5.91 Å². The summed E-state index contributed by atoms with van der Waals surface area (Å²) in [4.78, 5) is 28.0. The van der Waals surface area contributed by atoms with Crippen LogP contribution < -0.4 is 5.32 Å². The fourth-order valence-corrected chi connectivity index (χ4v) is 2.49. The van der Waals surface area contributed by atoms with Gasteiger partial charge >= 0.3 is 5.97 Å². The molecule has 0 radical (unpaired) electrons. The zero-order chi connectivity index (χ0) is 18.0. The maximum atomic E-state index is 13.2. The zero-order valence-electron chi connectivity index (χ0n) is 13.1. The Morgan fingerprint density at radius 1 is 1.28 bits per heavy atom. The molecule has 1 N–H and O–H groups in total. The van der Waals surface area contributed by atoms with Crippen LogP contribution in [-0.2, 0) is 16.0 Å². The molecule has 8 heteroatoms. The van der Waals surface area contributed by atoms with E-state index in [2.05, 4.69) is 15.0 Å². The molecule has 0 saturated carbocycles. The summed E-state index contributed by atoms with van der Waals surface area (Å²) >= 11 is 6.04. The maximum Gasteiger partial charge on any atom is 0.337 e. The average Bonchev–Trinajstić information content (AvgIpc) is 2.97. The van der Waals surface area contributed by atoms with E-state index in [0.29, 0.717) is 17.0 Å². The maximum absolute atomic E-state index is 13.2. The first-order valence-corrected chi connectivity index (χ1v) is 7.65. The van der Waals surface area contributed by atoms with Crippen molar-refractivity contribution < 1.29 is 18.7 Å². The molecule has 0 atom stereocenters. The number of pyridine rings is 1. The number of fused-ring (bicyclic) bond motifs is 1. The second kappa shape index (κ2) is 6.90. The lowest BCUT2D eigenvalue weighted by Crippen LogP contribution is -2.15. The third-order valence-corrected chi connectivity index (χ3v) is 3.80. The van der Waals surface area contributed by atoms with Crippen LogP contribution in [0.1, 0.15) is 16.1 Å². The van der Waals surface area contributed by atoms with Crippen LogP contribution >= 0.6 is 11.6 Å². The number of aromatic nitrogens is 2. The lowest BCUT2D eigenvalue weighted by Gasteiger charge is -2.08. The lowest BCUT2D eigenvalue weighted by molar-refractivity contribution is -0.115. The highest BCUT2D eigenvalue weighted by Gasteiger charge is 2.13. The van der Waals surface area contributed by atoms with Crippen molar-refractivity contribution in [1.29, 1.82) is 0 Å². The van der Waals surface area contributed by atoms with Crippen LogP contribution in [0.3, 0.4) is 0 Å². The first kappa shape index (κ1) is 16.9. The second-order valence-corrected chi connectivity index (χ2v) is 5.66. The van der Waals surface area contributed by atoms with Crippen molar-refractivity contribution in [3.8, 4) is 0 Å². The summed E-state index contributed by atoms with van der Waals surface area (Å²) in [6.45, 7) is 0. The first-order valence-electron chi connectivity index (χ1n) is 7.27. The standard InChI is InChI=1S/C17H13ClFN3O3/c1-25-17(24)10-2-4-13(18)14(6-10)21-16(23)7-12-9-22-8-11(19)3-5-15(22)20-12/h2-6,8-9H,7H2,1H3,(H,21,23). The molecule has 1 amide bonds. The largest absolute Gasteiger partial charge is 0.465 e. The number of hydrogen-bond acceptors (Lipinski definition) is 4. The Labute approximate surface area is 147 Å². The van der Waals surface area contributed by atoms with Crippen LogP contribution in [0.25, 0.3) is 5.65 Å². The van der Waals surface area contributed by atoms with Gasteiger partial charge in [-0.15, -0.1) is 0 Å². The van der Waals surface area contributed by atoms with Crippen molar-refractivity contribution in [3.63, 3.8) is 0 Å². The molecule has 0 unspecified atom stereocenters. The summed E-state index contributed by atoms with van der Waals surface area (Å²) in [7, 11) is 1.27. The van der Waals surface area contributed by atoms with Crippen LogP contribution in [0.4, 0.5) is 10.1 Å². The molecule has 6 nitrogen and oxygen atoms in total. The minimum Gasteiger partial charge on any atom is -0.465 e. The number of esters is 1. The number of nitrogens with one attached hydrogen (secondary N) is 1. The van der Waals surface area contributed by atoms with E-state index in [4.69, 9.17) is 11.6 Å². The number of carbonyl (C=O) groups is 2. The summed E-state index contributed by atoms with van der Waals surface area (Å²) in [5.41, 5.74) is 1.58. The molecule has 0 aliphatic heterocycles. The summed E-state index contributed by atoms with van der Waals surface area (Å²) < 4.78 is 19.3. The van der Waals surface area contributed by atoms with Crippen molar-refractivity contribution in [2.45, 2.75) is 6.42 Å². The molecular formula is C17H13ClFN3O3. The summed E-state index contributed by atoms with van der Waals surface area (Å²) in [5.74, 6) is -1.30. The highest BCUT2D eigenvalue weighted by atomic mass is 35.5. The monoisotopic (exact) mass is 361 g/mol. The summed E-state index contributed by atoms with van der Waals surface area (Å²) in [6, 6.07) is 7.25. The SMILES string of the molecule is COC(=O)c1ccc(Cl)c(NC(=O)Cc2cn3cc(F)ccc3n2)c1. The van der Waals surface area contributed by atoms with E-state index < -0.39 is 11.8 Å². The molecule has 0 spiro atoms. The van der Waals surface area contributed by atoms with Gasteiger partial charge in [0.05, 0.1) is 35.5 Å². The molecule has 0 bridgehead atoms. The van der Waals surface area contributed by atoms with E-state index in [1.165, 1.54) is 48.0 Å². The van der Waals surface area contributed by atoms with Gasteiger partial charge in [0.1, 0.15) is 11.5 Å². The Hall–Kier alpha value is -2.93. The van der Waals surface area contributed by atoms with E-state index in [1.54, 1.807) is 6.20 Å². The van der Waals surface area contributed by atoms with Crippen LogP contribution in [0.2, 0.25) is 5.02 Å². The minimum atomic E-state index is -0.533. The number of rotatable bonds is 4. The van der Waals surface area contributed by atoms with Gasteiger partial charge in [-0.25, -0.2) is 14.2 Å². The van der Waals surface area contributed by atoms with Crippen molar-refractivity contribution in [3.05, 3.63) is 64.8 Å². The highest BCUT2D eigenvalue weighted by Crippen LogP contribution is 2.23. The molecular weight excluding hydrogens is 349 g/mol. The molecule has 2 heterocycles. The van der Waals surface area contributed by atoms with Gasteiger partial charge in [0.25, 0.3) is 0 Å². The Kier molecular flexibility index (Phi) is 4.67. The van der Waals surface area contributed by atoms with Crippen LogP contribution in [0.5, 0.6) is 0 Å². The quantitative estimate of drug-likeness (QED) is 0.725. The average molecular weight is 362 g/mol. The molecule has 3 aromatic rings. The van der Waals surface area contributed by atoms with Gasteiger partial charge in [-0.05, 0) is 30.3 Å². The Morgan fingerprint density at radius 3 is 2.84 bits per heavy atom. The van der Waals surface area contributed by atoms with Gasteiger partial charge < -0.3 is 14.5 Å². The molecule has 3 rings (SSSR count). The fraction of sp³-hybridized carbons (Fsp3) is 0.118. The predicted molar refractivity (Wildman–Crippen MR) is 90.3 cm³/mol. The normalized spacial score (nSPS) is 10.7. The van der Waals surface area contributed by atoms with Crippen LogP contribution in [-0.4, -0.2) is 28.4 Å². The first-order chi connectivity index (χ1) is 12.0. The number of hydrogen-bond donors (Lipinski definition) is 1. The number of anilines is 1. The van der Waals surface area contributed by atoms with E-state index >= 15 is 0 Å².